The zero-order valence-electron chi connectivity index (χ0n) is 13.5. The molecule has 0 saturated carbocycles. The second-order valence-corrected chi connectivity index (χ2v) is 4.97. The molecule has 1 amide bonds. The normalized spacial score (nSPS) is 11.4. The SMILES string of the molecule is C=CCOc1ccc(C(=O)N[C@@H](CCCC)C(=O)O)cc1OC. The van der Waals surface area contributed by atoms with Gasteiger partial charge in [0.05, 0.1) is 7.11 Å². The lowest BCUT2D eigenvalue weighted by Crippen LogP contribution is -2.40. The number of hydrogen-bond donors (Lipinski definition) is 2. The Labute approximate surface area is 136 Å². The molecule has 23 heavy (non-hydrogen) atoms. The van der Waals surface area contributed by atoms with Crippen molar-refractivity contribution in [1.29, 1.82) is 0 Å². The molecule has 1 aromatic rings. The van der Waals surface area contributed by atoms with Crippen molar-refractivity contribution in [2.45, 2.75) is 32.2 Å². The summed E-state index contributed by atoms with van der Waals surface area (Å²) in [7, 11) is 1.47. The number of methoxy groups -OCH3 is 1. The van der Waals surface area contributed by atoms with Crippen molar-refractivity contribution in [2.75, 3.05) is 13.7 Å². The Morgan fingerprint density at radius 2 is 2.13 bits per heavy atom. The maximum absolute atomic E-state index is 12.2. The van der Waals surface area contributed by atoms with Crippen LogP contribution in [0, 0.1) is 0 Å². The minimum atomic E-state index is -1.04. The number of carboxylic acid groups (broad SMARTS) is 1. The molecule has 0 bridgehead atoms. The van der Waals surface area contributed by atoms with Crippen LogP contribution in [0.25, 0.3) is 0 Å². The van der Waals surface area contributed by atoms with E-state index in [0.717, 1.165) is 12.8 Å². The average molecular weight is 321 g/mol. The van der Waals surface area contributed by atoms with Crippen molar-refractivity contribution in [1.82, 2.24) is 5.32 Å². The molecule has 0 saturated heterocycles. The third kappa shape index (κ3) is 5.65. The van der Waals surface area contributed by atoms with Gasteiger partial charge in [-0.05, 0) is 24.6 Å². The summed E-state index contributed by atoms with van der Waals surface area (Å²) in [6, 6.07) is 3.80. The maximum atomic E-state index is 12.2. The summed E-state index contributed by atoms with van der Waals surface area (Å²) in [6.45, 7) is 5.85. The van der Waals surface area contributed by atoms with E-state index >= 15 is 0 Å². The van der Waals surface area contributed by atoms with Gasteiger partial charge in [0.15, 0.2) is 11.5 Å². The van der Waals surface area contributed by atoms with Crippen molar-refractivity contribution in [2.24, 2.45) is 0 Å². The number of carbonyl (C=O) groups is 2. The minimum absolute atomic E-state index is 0.315. The highest BCUT2D eigenvalue weighted by Gasteiger charge is 2.20. The number of carboxylic acids is 1. The summed E-state index contributed by atoms with van der Waals surface area (Å²) in [5.41, 5.74) is 0.315. The molecular formula is C17H23NO5. The van der Waals surface area contributed by atoms with Crippen LogP contribution in [0.15, 0.2) is 30.9 Å². The van der Waals surface area contributed by atoms with Crippen LogP contribution in [0.3, 0.4) is 0 Å². The first-order valence-electron chi connectivity index (χ1n) is 7.48. The van der Waals surface area contributed by atoms with Crippen molar-refractivity contribution >= 4 is 11.9 Å². The Kier molecular flexibility index (Phi) is 7.66. The standard InChI is InChI=1S/C17H23NO5/c1-4-6-7-13(17(20)21)18-16(19)12-8-9-14(23-10-5-2)15(11-12)22-3/h5,8-9,11,13H,2,4,6-7,10H2,1,3H3,(H,18,19)(H,20,21)/t13-/m0/s1. The molecule has 2 N–H and O–H groups in total. The number of aliphatic carboxylic acids is 1. The summed E-state index contributed by atoms with van der Waals surface area (Å²) >= 11 is 0. The molecule has 0 unspecified atom stereocenters. The zero-order chi connectivity index (χ0) is 17.2. The summed E-state index contributed by atoms with van der Waals surface area (Å²) in [6.07, 6.45) is 3.60. The number of ether oxygens (including phenoxy) is 2. The topological polar surface area (TPSA) is 84.9 Å². The van der Waals surface area contributed by atoms with E-state index in [4.69, 9.17) is 14.6 Å². The van der Waals surface area contributed by atoms with Gasteiger partial charge in [0, 0.05) is 5.56 Å². The van der Waals surface area contributed by atoms with Gasteiger partial charge in [0.2, 0.25) is 0 Å². The quantitative estimate of drug-likeness (QED) is 0.647. The van der Waals surface area contributed by atoms with Crippen molar-refractivity contribution in [3.8, 4) is 11.5 Å². The Morgan fingerprint density at radius 1 is 1.39 bits per heavy atom. The minimum Gasteiger partial charge on any atom is -0.493 e. The number of rotatable bonds is 10. The molecular weight excluding hydrogens is 298 g/mol. The number of unbranched alkanes of at least 4 members (excludes halogenated alkanes) is 1. The van der Waals surface area contributed by atoms with Crippen LogP contribution in [-0.4, -0.2) is 36.7 Å². The molecule has 0 heterocycles. The van der Waals surface area contributed by atoms with Gasteiger partial charge in [-0.3, -0.25) is 4.79 Å². The summed E-state index contributed by atoms with van der Waals surface area (Å²) < 4.78 is 10.6. The van der Waals surface area contributed by atoms with Gasteiger partial charge >= 0.3 is 5.97 Å². The van der Waals surface area contributed by atoms with Crippen LogP contribution in [-0.2, 0) is 4.79 Å². The first kappa shape index (κ1) is 18.5. The van der Waals surface area contributed by atoms with Crippen LogP contribution >= 0.6 is 0 Å². The average Bonchev–Trinajstić information content (AvgIpc) is 2.55. The molecule has 0 spiro atoms. The largest absolute Gasteiger partial charge is 0.493 e. The van der Waals surface area contributed by atoms with Gasteiger partial charge in [0.25, 0.3) is 5.91 Å². The fourth-order valence-electron chi connectivity index (χ4n) is 1.98. The lowest BCUT2D eigenvalue weighted by atomic mass is 10.1. The molecule has 6 nitrogen and oxygen atoms in total. The first-order chi connectivity index (χ1) is 11.0. The molecule has 0 aliphatic heterocycles. The number of benzene rings is 1. The maximum Gasteiger partial charge on any atom is 0.326 e. The molecule has 6 heteroatoms. The van der Waals surface area contributed by atoms with Gasteiger partial charge in [0.1, 0.15) is 12.6 Å². The molecule has 1 rings (SSSR count). The van der Waals surface area contributed by atoms with E-state index in [1.165, 1.54) is 13.2 Å². The van der Waals surface area contributed by atoms with Gasteiger partial charge in [-0.1, -0.05) is 32.4 Å². The van der Waals surface area contributed by atoms with E-state index in [-0.39, 0.29) is 0 Å². The highest BCUT2D eigenvalue weighted by molar-refractivity contribution is 5.97. The fraction of sp³-hybridized carbons (Fsp3) is 0.412. The highest BCUT2D eigenvalue weighted by atomic mass is 16.5. The highest BCUT2D eigenvalue weighted by Crippen LogP contribution is 2.28. The van der Waals surface area contributed by atoms with E-state index < -0.39 is 17.9 Å². The molecule has 0 aliphatic carbocycles. The van der Waals surface area contributed by atoms with Crippen molar-refractivity contribution < 1.29 is 24.2 Å². The summed E-state index contributed by atoms with van der Waals surface area (Å²) in [5.74, 6) is -0.601. The lowest BCUT2D eigenvalue weighted by Gasteiger charge is -2.15. The smallest absolute Gasteiger partial charge is 0.326 e. The van der Waals surface area contributed by atoms with Crippen LogP contribution in [0.4, 0.5) is 0 Å². The van der Waals surface area contributed by atoms with Gasteiger partial charge < -0.3 is 19.9 Å². The van der Waals surface area contributed by atoms with Gasteiger partial charge in [-0.2, -0.15) is 0 Å². The second kappa shape index (κ2) is 9.50. The van der Waals surface area contributed by atoms with E-state index in [9.17, 15) is 9.59 Å². The molecule has 0 aliphatic rings. The Morgan fingerprint density at radius 3 is 2.70 bits per heavy atom. The fourth-order valence-corrected chi connectivity index (χ4v) is 1.98. The van der Waals surface area contributed by atoms with Crippen molar-refractivity contribution in [3.63, 3.8) is 0 Å². The Hall–Kier alpha value is -2.50. The Bertz CT molecular complexity index is 556. The predicted octanol–water partition coefficient (Wildman–Crippen LogP) is 2.63. The number of nitrogens with one attached hydrogen (secondary N) is 1. The molecule has 0 aromatic heterocycles. The summed E-state index contributed by atoms with van der Waals surface area (Å²) in [5, 5.41) is 11.7. The molecule has 0 fully saturated rings. The second-order valence-electron chi connectivity index (χ2n) is 4.97. The number of amides is 1. The first-order valence-corrected chi connectivity index (χ1v) is 7.48. The number of carbonyl (C=O) groups excluding carboxylic acids is 1. The van der Waals surface area contributed by atoms with E-state index in [0.29, 0.717) is 30.1 Å². The molecule has 1 atom stereocenters. The third-order valence-corrected chi connectivity index (χ3v) is 3.23. The third-order valence-electron chi connectivity index (χ3n) is 3.23. The zero-order valence-corrected chi connectivity index (χ0v) is 13.5. The van der Waals surface area contributed by atoms with E-state index in [1.807, 2.05) is 6.92 Å². The molecule has 1 aromatic carbocycles. The molecule has 0 radical (unpaired) electrons. The molecule has 126 valence electrons. The number of hydrogen-bond acceptors (Lipinski definition) is 4. The van der Waals surface area contributed by atoms with Crippen molar-refractivity contribution in [3.05, 3.63) is 36.4 Å². The monoisotopic (exact) mass is 321 g/mol. The predicted molar refractivity (Wildman–Crippen MR) is 87.1 cm³/mol. The van der Waals surface area contributed by atoms with E-state index in [1.54, 1.807) is 18.2 Å². The van der Waals surface area contributed by atoms with E-state index in [2.05, 4.69) is 11.9 Å². The van der Waals surface area contributed by atoms with Crippen LogP contribution in [0.2, 0.25) is 0 Å². The van der Waals surface area contributed by atoms with Crippen LogP contribution in [0.1, 0.15) is 36.5 Å². The van der Waals surface area contributed by atoms with Gasteiger partial charge in [-0.25, -0.2) is 4.79 Å². The van der Waals surface area contributed by atoms with Gasteiger partial charge in [-0.15, -0.1) is 0 Å². The van der Waals surface area contributed by atoms with Crippen LogP contribution in [0.5, 0.6) is 11.5 Å². The Balaban J connectivity index is 2.85. The summed E-state index contributed by atoms with van der Waals surface area (Å²) in [4.78, 5) is 23.4. The lowest BCUT2D eigenvalue weighted by molar-refractivity contribution is -0.139. The van der Waals surface area contributed by atoms with Crippen LogP contribution < -0.4 is 14.8 Å².